The Bertz CT molecular complexity index is 844. The minimum Gasteiger partial charge on any atom is -0.391 e. The van der Waals surface area contributed by atoms with Crippen molar-refractivity contribution in [1.29, 1.82) is 0 Å². The van der Waals surface area contributed by atoms with Crippen molar-refractivity contribution in [2.24, 2.45) is 17.8 Å². The summed E-state index contributed by atoms with van der Waals surface area (Å²) in [5.74, 6) is -1.40. The Morgan fingerprint density at radius 3 is 2.53 bits per heavy atom. The number of allylic oxidation sites excluding steroid dienone is 2. The largest absolute Gasteiger partial charge is 0.391 e. The zero-order valence-electron chi connectivity index (χ0n) is 18.0. The molecule has 5 heteroatoms. The lowest BCUT2D eigenvalue weighted by molar-refractivity contribution is -0.140. The number of fused-ring (bicyclic) bond motifs is 1. The van der Waals surface area contributed by atoms with Crippen LogP contribution in [0.2, 0.25) is 0 Å². The fourth-order valence-corrected chi connectivity index (χ4v) is 4.73. The molecule has 1 amide bonds. The quantitative estimate of drug-likeness (QED) is 0.519. The van der Waals surface area contributed by atoms with Crippen LogP contribution in [0.4, 0.5) is 0 Å². The molecule has 30 heavy (non-hydrogen) atoms. The molecule has 162 valence electrons. The number of carbonyl (C=O) groups excluding carboxylic acids is 1. The summed E-state index contributed by atoms with van der Waals surface area (Å²) < 4.78 is 0. The molecular formula is C25H33NO4. The van der Waals surface area contributed by atoms with Crippen LogP contribution < -0.4 is 5.32 Å². The van der Waals surface area contributed by atoms with Crippen molar-refractivity contribution in [3.63, 3.8) is 0 Å². The number of benzene rings is 1. The fraction of sp³-hybridized carbons (Fsp3) is 0.480. The topological polar surface area (TPSA) is 89.8 Å². The summed E-state index contributed by atoms with van der Waals surface area (Å²) in [7, 11) is 0. The number of rotatable bonds is 7. The van der Waals surface area contributed by atoms with Gasteiger partial charge in [0.2, 0.25) is 0 Å². The molecule has 4 N–H and O–H groups in total. The second-order valence-corrected chi connectivity index (χ2v) is 8.85. The lowest BCUT2D eigenvalue weighted by Gasteiger charge is -2.39. The third kappa shape index (κ3) is 4.15. The maximum absolute atomic E-state index is 12.9. The summed E-state index contributed by atoms with van der Waals surface area (Å²) in [5.41, 5.74) is 1.28. The highest BCUT2D eigenvalue weighted by Crippen LogP contribution is 2.47. The highest BCUT2D eigenvalue weighted by Gasteiger charge is 2.59. The van der Waals surface area contributed by atoms with E-state index in [4.69, 9.17) is 0 Å². The van der Waals surface area contributed by atoms with Gasteiger partial charge in [0.05, 0.1) is 12.2 Å². The summed E-state index contributed by atoms with van der Waals surface area (Å²) >= 11 is 0. The predicted molar refractivity (Wildman–Crippen MR) is 118 cm³/mol. The molecule has 1 fully saturated rings. The van der Waals surface area contributed by atoms with Crippen LogP contribution in [0, 0.1) is 17.8 Å². The molecule has 0 bridgehead atoms. The van der Waals surface area contributed by atoms with Gasteiger partial charge in [-0.05, 0) is 43.7 Å². The standard InChI is InChI=1S/C25H33NO4/c1-15(23(28)18(4)27)9-8-12-20-13-16(2)17(3)22-21(26-24(29)25(20,22)30)14-19-10-6-5-7-11-19/h5-8,10-13,15,18,20-23,27-28,30H,3,9,14H2,1-2,4H3,(H,26,29)/b12-8+/t15-,18-,20-,21-,22-,23-,25+/m0/s1. The first-order chi connectivity index (χ1) is 14.2. The lowest BCUT2D eigenvalue weighted by atomic mass is 9.66. The van der Waals surface area contributed by atoms with Gasteiger partial charge >= 0.3 is 0 Å². The zero-order chi connectivity index (χ0) is 22.1. The molecular weight excluding hydrogens is 378 g/mol. The highest BCUT2D eigenvalue weighted by molar-refractivity contribution is 5.91. The first-order valence-electron chi connectivity index (χ1n) is 10.6. The van der Waals surface area contributed by atoms with E-state index in [0.717, 1.165) is 16.7 Å². The van der Waals surface area contributed by atoms with Crippen LogP contribution in [-0.4, -0.2) is 45.1 Å². The molecule has 1 aliphatic carbocycles. The van der Waals surface area contributed by atoms with E-state index >= 15 is 0 Å². The third-order valence-corrected chi connectivity index (χ3v) is 6.60. The molecule has 7 atom stereocenters. The fourth-order valence-electron chi connectivity index (χ4n) is 4.73. The molecule has 1 aliphatic heterocycles. The Kier molecular flexibility index (Phi) is 6.65. The normalized spacial score (nSPS) is 31.8. The van der Waals surface area contributed by atoms with Crippen molar-refractivity contribution in [2.75, 3.05) is 0 Å². The van der Waals surface area contributed by atoms with Crippen molar-refractivity contribution >= 4 is 5.91 Å². The summed E-state index contributed by atoms with van der Waals surface area (Å²) in [6.07, 6.45) is 5.16. The second-order valence-electron chi connectivity index (χ2n) is 8.85. The molecule has 1 aromatic rings. The molecule has 1 aromatic carbocycles. The Hall–Kier alpha value is -2.21. The highest BCUT2D eigenvalue weighted by atomic mass is 16.3. The average molecular weight is 412 g/mol. The predicted octanol–water partition coefficient (Wildman–Crippen LogP) is 2.53. The molecule has 0 aromatic heterocycles. The summed E-state index contributed by atoms with van der Waals surface area (Å²) in [5, 5.41) is 34.2. The van der Waals surface area contributed by atoms with E-state index < -0.39 is 29.6 Å². The van der Waals surface area contributed by atoms with E-state index in [0.29, 0.717) is 12.8 Å². The number of amides is 1. The smallest absolute Gasteiger partial charge is 0.253 e. The minimum absolute atomic E-state index is 0.140. The Morgan fingerprint density at radius 2 is 1.90 bits per heavy atom. The third-order valence-electron chi connectivity index (χ3n) is 6.60. The van der Waals surface area contributed by atoms with Gasteiger partial charge < -0.3 is 20.6 Å². The first kappa shape index (κ1) is 22.5. The van der Waals surface area contributed by atoms with Gasteiger partial charge in [0.1, 0.15) is 0 Å². The molecule has 0 radical (unpaired) electrons. The average Bonchev–Trinajstić information content (AvgIpc) is 2.96. The van der Waals surface area contributed by atoms with Gasteiger partial charge in [-0.15, -0.1) is 0 Å². The van der Waals surface area contributed by atoms with Crippen molar-refractivity contribution in [3.8, 4) is 0 Å². The van der Waals surface area contributed by atoms with Crippen molar-refractivity contribution < 1.29 is 20.1 Å². The zero-order valence-corrected chi connectivity index (χ0v) is 18.0. The Morgan fingerprint density at radius 1 is 1.23 bits per heavy atom. The number of carbonyl (C=O) groups is 1. The van der Waals surface area contributed by atoms with E-state index in [1.54, 1.807) is 6.92 Å². The molecule has 1 saturated heterocycles. The number of aliphatic hydroxyl groups excluding tert-OH is 2. The number of hydrogen-bond donors (Lipinski definition) is 4. The van der Waals surface area contributed by atoms with Crippen LogP contribution in [0.15, 0.2) is 66.3 Å². The van der Waals surface area contributed by atoms with E-state index in [9.17, 15) is 20.1 Å². The monoisotopic (exact) mass is 411 g/mol. The summed E-state index contributed by atoms with van der Waals surface area (Å²) in [4.78, 5) is 12.9. The van der Waals surface area contributed by atoms with Gasteiger partial charge in [0, 0.05) is 17.9 Å². The van der Waals surface area contributed by atoms with Gasteiger partial charge in [-0.25, -0.2) is 0 Å². The van der Waals surface area contributed by atoms with Crippen LogP contribution in [0.1, 0.15) is 32.8 Å². The molecule has 0 saturated carbocycles. The Balaban J connectivity index is 1.83. The van der Waals surface area contributed by atoms with Crippen LogP contribution in [0.5, 0.6) is 0 Å². The van der Waals surface area contributed by atoms with Gasteiger partial charge in [0.25, 0.3) is 5.91 Å². The lowest BCUT2D eigenvalue weighted by Crippen LogP contribution is -2.51. The number of nitrogens with one attached hydrogen (secondary N) is 1. The van der Waals surface area contributed by atoms with E-state index in [1.165, 1.54) is 0 Å². The first-order valence-corrected chi connectivity index (χ1v) is 10.6. The number of hydrogen-bond acceptors (Lipinski definition) is 4. The maximum Gasteiger partial charge on any atom is 0.253 e. The molecule has 0 unspecified atom stereocenters. The molecule has 2 aliphatic rings. The van der Waals surface area contributed by atoms with Gasteiger partial charge in [0.15, 0.2) is 5.60 Å². The second kappa shape index (κ2) is 8.88. The van der Waals surface area contributed by atoms with Gasteiger partial charge in [-0.1, -0.05) is 67.6 Å². The Labute approximate surface area is 178 Å². The summed E-state index contributed by atoms with van der Waals surface area (Å²) in [6.45, 7) is 9.58. The SMILES string of the molecule is C=C1C(C)=C[C@H](/C=C/C[C@H](C)[C@H](O)[C@H](C)O)[C@]2(O)C(=O)N[C@@H](Cc3ccccc3)[C@H]12. The molecule has 5 nitrogen and oxygen atoms in total. The van der Waals surface area contributed by atoms with E-state index in [1.807, 2.05) is 62.4 Å². The van der Waals surface area contributed by atoms with Gasteiger partial charge in [-0.3, -0.25) is 4.79 Å². The van der Waals surface area contributed by atoms with Crippen molar-refractivity contribution in [1.82, 2.24) is 5.32 Å². The van der Waals surface area contributed by atoms with Crippen LogP contribution in [0.25, 0.3) is 0 Å². The van der Waals surface area contributed by atoms with Gasteiger partial charge in [-0.2, -0.15) is 0 Å². The summed E-state index contributed by atoms with van der Waals surface area (Å²) in [6, 6.07) is 9.69. The molecule has 0 spiro atoms. The molecule has 1 heterocycles. The maximum atomic E-state index is 12.9. The number of aliphatic hydroxyl groups is 3. The van der Waals surface area contributed by atoms with E-state index in [2.05, 4.69) is 11.9 Å². The van der Waals surface area contributed by atoms with Crippen molar-refractivity contribution in [3.05, 3.63) is 71.8 Å². The van der Waals surface area contributed by atoms with E-state index in [-0.39, 0.29) is 17.9 Å². The van der Waals surface area contributed by atoms with Crippen LogP contribution >= 0.6 is 0 Å². The van der Waals surface area contributed by atoms with Crippen LogP contribution in [-0.2, 0) is 11.2 Å². The minimum atomic E-state index is -1.58. The van der Waals surface area contributed by atoms with Crippen molar-refractivity contribution in [2.45, 2.75) is 57.5 Å². The van der Waals surface area contributed by atoms with Crippen LogP contribution in [0.3, 0.4) is 0 Å². The molecule has 3 rings (SSSR count).